The smallest absolute Gasteiger partial charge is 0.223 e. The minimum absolute atomic E-state index is 0. The molecule has 1 aliphatic rings. The maximum Gasteiger partial charge on any atom is 0.223 e. The molecule has 0 spiro atoms. The van der Waals surface area contributed by atoms with E-state index in [1.54, 1.807) is 7.11 Å². The van der Waals surface area contributed by atoms with Crippen molar-refractivity contribution in [3.8, 4) is 0 Å². The van der Waals surface area contributed by atoms with Crippen LogP contribution >= 0.6 is 24.0 Å². The number of rotatable bonds is 6. The van der Waals surface area contributed by atoms with E-state index in [4.69, 9.17) is 16.3 Å². The summed E-state index contributed by atoms with van der Waals surface area (Å²) >= 11 is 5.87. The van der Waals surface area contributed by atoms with Gasteiger partial charge in [0.15, 0.2) is 0 Å². The molecule has 1 saturated heterocycles. The molecule has 1 fully saturated rings. The molecule has 2 unspecified atom stereocenters. The minimum Gasteiger partial charge on any atom is -0.375 e. The van der Waals surface area contributed by atoms with Crippen molar-refractivity contribution in [3.63, 3.8) is 0 Å². The molecule has 1 aliphatic heterocycles. The van der Waals surface area contributed by atoms with E-state index in [9.17, 15) is 4.79 Å². The number of amides is 1. The third kappa shape index (κ3) is 4.85. The molecular formula is C15H22Cl2N2O2. The summed E-state index contributed by atoms with van der Waals surface area (Å²) in [6, 6.07) is 7.49. The molecule has 21 heavy (non-hydrogen) atoms. The second-order valence-corrected chi connectivity index (χ2v) is 5.66. The van der Waals surface area contributed by atoms with Crippen molar-refractivity contribution in [2.24, 2.45) is 11.8 Å². The topological polar surface area (TPSA) is 50.4 Å². The first-order chi connectivity index (χ1) is 9.61. The van der Waals surface area contributed by atoms with Crippen molar-refractivity contribution in [1.82, 2.24) is 10.6 Å². The molecule has 0 radical (unpaired) electrons. The monoisotopic (exact) mass is 332 g/mol. The lowest BCUT2D eigenvalue weighted by Gasteiger charge is -2.32. The van der Waals surface area contributed by atoms with Gasteiger partial charge in [0.25, 0.3) is 0 Å². The highest BCUT2D eigenvalue weighted by Crippen LogP contribution is 2.20. The van der Waals surface area contributed by atoms with E-state index in [2.05, 4.69) is 10.6 Å². The van der Waals surface area contributed by atoms with E-state index in [0.29, 0.717) is 17.5 Å². The van der Waals surface area contributed by atoms with Crippen LogP contribution in [0.4, 0.5) is 0 Å². The zero-order valence-corrected chi connectivity index (χ0v) is 13.8. The van der Waals surface area contributed by atoms with Gasteiger partial charge in [0, 0.05) is 24.6 Å². The molecule has 2 atom stereocenters. The standard InChI is InChI=1S/C15H21ClN2O2.ClH/c1-10(12-7-17-8-12)15(19)18-9-14(20-2)11-3-5-13(16)6-4-11;/h3-6,10,12,14,17H,7-9H2,1-2H3,(H,18,19);1H. The Balaban J connectivity index is 0.00000220. The van der Waals surface area contributed by atoms with Gasteiger partial charge in [-0.15, -0.1) is 12.4 Å². The fraction of sp³-hybridized carbons (Fsp3) is 0.533. The summed E-state index contributed by atoms with van der Waals surface area (Å²) in [7, 11) is 1.64. The number of halogens is 2. The quantitative estimate of drug-likeness (QED) is 0.841. The molecule has 2 rings (SSSR count). The van der Waals surface area contributed by atoms with Crippen LogP contribution in [0.3, 0.4) is 0 Å². The van der Waals surface area contributed by atoms with Gasteiger partial charge >= 0.3 is 0 Å². The van der Waals surface area contributed by atoms with Gasteiger partial charge in [-0.2, -0.15) is 0 Å². The number of carbonyl (C=O) groups excluding carboxylic acids is 1. The zero-order valence-electron chi connectivity index (χ0n) is 12.3. The molecular weight excluding hydrogens is 311 g/mol. The summed E-state index contributed by atoms with van der Waals surface area (Å²) < 4.78 is 5.44. The summed E-state index contributed by atoms with van der Waals surface area (Å²) in [5, 5.41) is 6.85. The van der Waals surface area contributed by atoms with Gasteiger partial charge < -0.3 is 15.4 Å². The van der Waals surface area contributed by atoms with Gasteiger partial charge in [-0.1, -0.05) is 30.7 Å². The molecule has 4 nitrogen and oxygen atoms in total. The molecule has 6 heteroatoms. The predicted molar refractivity (Wildman–Crippen MR) is 87.0 cm³/mol. The lowest BCUT2D eigenvalue weighted by Crippen LogP contribution is -2.50. The molecule has 1 heterocycles. The SMILES string of the molecule is COC(CNC(=O)C(C)C1CNC1)c1ccc(Cl)cc1.Cl. The average molecular weight is 333 g/mol. The number of hydrogen-bond acceptors (Lipinski definition) is 3. The second kappa shape index (κ2) is 8.59. The van der Waals surface area contributed by atoms with E-state index in [0.717, 1.165) is 18.7 Å². The van der Waals surface area contributed by atoms with Gasteiger partial charge in [0.2, 0.25) is 5.91 Å². The molecule has 0 bridgehead atoms. The number of methoxy groups -OCH3 is 1. The van der Waals surface area contributed by atoms with E-state index < -0.39 is 0 Å². The highest BCUT2D eigenvalue weighted by Gasteiger charge is 2.28. The highest BCUT2D eigenvalue weighted by molar-refractivity contribution is 6.30. The summed E-state index contributed by atoms with van der Waals surface area (Å²) in [5.41, 5.74) is 1.01. The molecule has 0 aliphatic carbocycles. The van der Waals surface area contributed by atoms with Crippen molar-refractivity contribution in [1.29, 1.82) is 0 Å². The predicted octanol–water partition coefficient (Wildman–Crippen LogP) is 2.42. The molecule has 1 aromatic rings. The van der Waals surface area contributed by atoms with E-state index in [1.165, 1.54) is 0 Å². The maximum absolute atomic E-state index is 12.1. The third-order valence-corrected chi connectivity index (χ3v) is 4.17. The Morgan fingerprint density at radius 3 is 2.52 bits per heavy atom. The highest BCUT2D eigenvalue weighted by atomic mass is 35.5. The van der Waals surface area contributed by atoms with Crippen LogP contribution in [-0.2, 0) is 9.53 Å². The van der Waals surface area contributed by atoms with Gasteiger partial charge in [0.1, 0.15) is 0 Å². The van der Waals surface area contributed by atoms with E-state index in [1.807, 2.05) is 31.2 Å². The van der Waals surface area contributed by atoms with Gasteiger partial charge in [0.05, 0.1) is 6.10 Å². The molecule has 1 amide bonds. The number of carbonyl (C=O) groups is 1. The van der Waals surface area contributed by atoms with Gasteiger partial charge in [-0.25, -0.2) is 0 Å². The van der Waals surface area contributed by atoms with E-state index >= 15 is 0 Å². The Labute approximate surface area is 137 Å². The number of benzene rings is 1. The van der Waals surface area contributed by atoms with Crippen LogP contribution < -0.4 is 10.6 Å². The Kier molecular flexibility index (Phi) is 7.46. The number of nitrogens with one attached hydrogen (secondary N) is 2. The minimum atomic E-state index is -0.150. The third-order valence-electron chi connectivity index (χ3n) is 3.92. The summed E-state index contributed by atoms with van der Waals surface area (Å²) in [6.45, 7) is 4.31. The summed E-state index contributed by atoms with van der Waals surface area (Å²) in [5.74, 6) is 0.581. The summed E-state index contributed by atoms with van der Waals surface area (Å²) in [6.07, 6.45) is -0.150. The van der Waals surface area contributed by atoms with Crippen molar-refractivity contribution in [2.45, 2.75) is 13.0 Å². The van der Waals surface area contributed by atoms with Crippen LogP contribution in [0.1, 0.15) is 18.6 Å². The van der Waals surface area contributed by atoms with Crippen molar-refractivity contribution >= 4 is 29.9 Å². The van der Waals surface area contributed by atoms with Crippen LogP contribution in [0.15, 0.2) is 24.3 Å². The Bertz CT molecular complexity index is 449. The Morgan fingerprint density at radius 1 is 1.43 bits per heavy atom. The van der Waals surface area contributed by atoms with Crippen LogP contribution in [0, 0.1) is 11.8 Å². The Morgan fingerprint density at radius 2 is 2.05 bits per heavy atom. The molecule has 1 aromatic carbocycles. The van der Waals surface area contributed by atoms with Gasteiger partial charge in [-0.05, 0) is 36.7 Å². The first-order valence-corrected chi connectivity index (χ1v) is 7.26. The molecule has 118 valence electrons. The van der Waals surface area contributed by atoms with Crippen LogP contribution in [-0.4, -0.2) is 32.7 Å². The average Bonchev–Trinajstić information content (AvgIpc) is 2.39. The Hall–Kier alpha value is -0.810. The van der Waals surface area contributed by atoms with Crippen molar-refractivity contribution in [3.05, 3.63) is 34.9 Å². The normalized spacial score (nSPS) is 17.3. The van der Waals surface area contributed by atoms with Crippen LogP contribution in [0.25, 0.3) is 0 Å². The molecule has 0 saturated carbocycles. The van der Waals surface area contributed by atoms with E-state index in [-0.39, 0.29) is 30.3 Å². The van der Waals surface area contributed by atoms with Crippen molar-refractivity contribution < 1.29 is 9.53 Å². The fourth-order valence-electron chi connectivity index (χ4n) is 2.25. The molecule has 2 N–H and O–H groups in total. The lowest BCUT2D eigenvalue weighted by atomic mass is 9.88. The first-order valence-electron chi connectivity index (χ1n) is 6.88. The van der Waals surface area contributed by atoms with Crippen LogP contribution in [0.2, 0.25) is 5.02 Å². The lowest BCUT2D eigenvalue weighted by molar-refractivity contribution is -0.127. The zero-order chi connectivity index (χ0) is 14.5. The summed E-state index contributed by atoms with van der Waals surface area (Å²) in [4.78, 5) is 12.1. The second-order valence-electron chi connectivity index (χ2n) is 5.23. The number of hydrogen-bond donors (Lipinski definition) is 2. The maximum atomic E-state index is 12.1. The molecule has 0 aromatic heterocycles. The fourth-order valence-corrected chi connectivity index (χ4v) is 2.37. The largest absolute Gasteiger partial charge is 0.375 e. The van der Waals surface area contributed by atoms with Crippen LogP contribution in [0.5, 0.6) is 0 Å². The first kappa shape index (κ1) is 18.2. The van der Waals surface area contributed by atoms with Crippen molar-refractivity contribution in [2.75, 3.05) is 26.7 Å². The number of ether oxygens (including phenoxy) is 1. The van der Waals surface area contributed by atoms with Gasteiger partial charge in [-0.3, -0.25) is 4.79 Å².